The van der Waals surface area contributed by atoms with Crippen molar-refractivity contribution in [2.24, 2.45) is 0 Å². The lowest BCUT2D eigenvalue weighted by atomic mass is 10.0. The highest BCUT2D eigenvalue weighted by atomic mass is 79.9. The van der Waals surface area contributed by atoms with Gasteiger partial charge in [0.15, 0.2) is 11.6 Å². The Bertz CT molecular complexity index is 583. The van der Waals surface area contributed by atoms with E-state index in [9.17, 15) is 8.78 Å². The predicted molar refractivity (Wildman–Crippen MR) is 83.5 cm³/mol. The molecular weight excluding hydrogens is 368 g/mol. The number of halogens is 4. The van der Waals surface area contributed by atoms with Crippen molar-refractivity contribution in [3.05, 3.63) is 55.1 Å². The van der Waals surface area contributed by atoms with Crippen LogP contribution in [-0.2, 0) is 6.42 Å². The van der Waals surface area contributed by atoms with Crippen LogP contribution in [0.1, 0.15) is 23.4 Å². The molecule has 0 amide bonds. The first-order valence-corrected chi connectivity index (χ1v) is 8.12. The molecule has 20 heavy (non-hydrogen) atoms. The smallest absolute Gasteiger partial charge is 0.159 e. The Morgan fingerprint density at radius 3 is 2.60 bits per heavy atom. The maximum Gasteiger partial charge on any atom is 0.159 e. The Labute approximate surface area is 134 Å². The topological polar surface area (TPSA) is 12.0 Å². The van der Waals surface area contributed by atoms with Crippen molar-refractivity contribution in [2.45, 2.75) is 19.4 Å². The molecule has 1 heterocycles. The van der Waals surface area contributed by atoms with Crippen molar-refractivity contribution in [1.82, 2.24) is 5.32 Å². The largest absolute Gasteiger partial charge is 0.309 e. The molecule has 2 aromatic rings. The Kier molecular flexibility index (Phi) is 5.55. The van der Waals surface area contributed by atoms with Crippen LogP contribution in [0, 0.1) is 11.6 Å². The number of benzene rings is 1. The molecule has 1 N–H and O–H groups in total. The van der Waals surface area contributed by atoms with Crippen molar-refractivity contribution >= 4 is 38.9 Å². The van der Waals surface area contributed by atoms with E-state index in [0.29, 0.717) is 11.4 Å². The second-order valence-corrected chi connectivity index (χ2v) is 7.14. The van der Waals surface area contributed by atoms with Crippen molar-refractivity contribution in [3.63, 3.8) is 0 Å². The minimum atomic E-state index is -0.823. The van der Waals surface area contributed by atoms with Crippen LogP contribution in [-0.4, -0.2) is 6.54 Å². The zero-order chi connectivity index (χ0) is 14.7. The first-order valence-electron chi connectivity index (χ1n) is 6.13. The molecule has 1 nitrogen and oxygen atoms in total. The standard InChI is InChI=1S/C14H13BrClF2NS/c1-2-19-12(13-7-9(16)14(15)20-13)6-8-3-4-10(17)11(18)5-8/h3-5,7,12,19H,2,6H2,1H3. The zero-order valence-electron chi connectivity index (χ0n) is 10.7. The van der Waals surface area contributed by atoms with Crippen molar-refractivity contribution in [2.75, 3.05) is 6.54 Å². The fourth-order valence-corrected chi connectivity index (χ4v) is 3.78. The second kappa shape index (κ2) is 6.98. The maximum absolute atomic E-state index is 13.3. The number of hydrogen-bond acceptors (Lipinski definition) is 2. The summed E-state index contributed by atoms with van der Waals surface area (Å²) in [6, 6.07) is 5.92. The Morgan fingerprint density at radius 2 is 2.05 bits per heavy atom. The van der Waals surface area contributed by atoms with Gasteiger partial charge < -0.3 is 5.32 Å². The van der Waals surface area contributed by atoms with Crippen molar-refractivity contribution in [3.8, 4) is 0 Å². The van der Waals surface area contributed by atoms with E-state index in [4.69, 9.17) is 11.6 Å². The van der Waals surface area contributed by atoms with Gasteiger partial charge in [-0.1, -0.05) is 24.6 Å². The van der Waals surface area contributed by atoms with Crippen LogP contribution < -0.4 is 5.32 Å². The summed E-state index contributed by atoms with van der Waals surface area (Å²) >= 11 is 11.0. The molecule has 0 bridgehead atoms. The van der Waals surface area contributed by atoms with Gasteiger partial charge in [-0.15, -0.1) is 11.3 Å². The van der Waals surface area contributed by atoms with Crippen molar-refractivity contribution < 1.29 is 8.78 Å². The zero-order valence-corrected chi connectivity index (χ0v) is 13.9. The summed E-state index contributed by atoms with van der Waals surface area (Å²) in [6.07, 6.45) is 0.578. The van der Waals surface area contributed by atoms with Crippen LogP contribution >= 0.6 is 38.9 Å². The van der Waals surface area contributed by atoms with Crippen LogP contribution in [0.15, 0.2) is 28.1 Å². The molecule has 0 aliphatic rings. The summed E-state index contributed by atoms with van der Waals surface area (Å²) in [7, 11) is 0. The van der Waals surface area contributed by atoms with Gasteiger partial charge in [0.25, 0.3) is 0 Å². The lowest BCUT2D eigenvalue weighted by Gasteiger charge is -2.16. The van der Waals surface area contributed by atoms with E-state index < -0.39 is 11.6 Å². The lowest BCUT2D eigenvalue weighted by Crippen LogP contribution is -2.22. The van der Waals surface area contributed by atoms with Gasteiger partial charge in [0.2, 0.25) is 0 Å². The second-order valence-electron chi connectivity index (χ2n) is 4.33. The fourth-order valence-electron chi connectivity index (χ4n) is 1.96. The molecule has 108 valence electrons. The molecule has 0 spiro atoms. The van der Waals surface area contributed by atoms with E-state index in [1.54, 1.807) is 17.4 Å². The number of thiophene rings is 1. The number of rotatable bonds is 5. The van der Waals surface area contributed by atoms with Crippen LogP contribution in [0.5, 0.6) is 0 Å². The first-order chi connectivity index (χ1) is 9.51. The van der Waals surface area contributed by atoms with E-state index in [-0.39, 0.29) is 6.04 Å². The summed E-state index contributed by atoms with van der Waals surface area (Å²) in [5, 5.41) is 4.00. The van der Waals surface area contributed by atoms with Gasteiger partial charge in [-0.25, -0.2) is 8.78 Å². The van der Waals surface area contributed by atoms with Gasteiger partial charge in [0.1, 0.15) is 0 Å². The summed E-state index contributed by atoms with van der Waals surface area (Å²) in [5.74, 6) is -1.64. The van der Waals surface area contributed by atoms with Gasteiger partial charge in [-0.2, -0.15) is 0 Å². The molecule has 1 unspecified atom stereocenters. The molecular formula is C14H13BrClF2NS. The Hall–Kier alpha value is -0.490. The van der Waals surface area contributed by atoms with E-state index in [2.05, 4.69) is 21.2 Å². The highest BCUT2D eigenvalue weighted by Crippen LogP contribution is 2.36. The molecule has 0 aliphatic heterocycles. The molecule has 0 saturated heterocycles. The molecule has 6 heteroatoms. The highest BCUT2D eigenvalue weighted by molar-refractivity contribution is 9.11. The molecule has 0 fully saturated rings. The third-order valence-corrected chi connectivity index (χ3v) is 5.47. The molecule has 0 radical (unpaired) electrons. The average Bonchev–Trinajstić information content (AvgIpc) is 2.73. The monoisotopic (exact) mass is 379 g/mol. The molecule has 0 aliphatic carbocycles. The van der Waals surface area contributed by atoms with Gasteiger partial charge in [-0.05, 0) is 52.7 Å². The van der Waals surface area contributed by atoms with Crippen LogP contribution in [0.3, 0.4) is 0 Å². The summed E-state index contributed by atoms with van der Waals surface area (Å²) in [4.78, 5) is 1.06. The van der Waals surface area contributed by atoms with Gasteiger partial charge in [-0.3, -0.25) is 0 Å². The quantitative estimate of drug-likeness (QED) is 0.738. The summed E-state index contributed by atoms with van der Waals surface area (Å²) < 4.78 is 27.1. The third kappa shape index (κ3) is 3.79. The number of hydrogen-bond donors (Lipinski definition) is 1. The van der Waals surface area contributed by atoms with Gasteiger partial charge >= 0.3 is 0 Å². The SMILES string of the molecule is CCNC(Cc1ccc(F)c(F)c1)c1cc(Cl)c(Br)s1. The van der Waals surface area contributed by atoms with Crippen LogP contribution in [0.25, 0.3) is 0 Å². The highest BCUT2D eigenvalue weighted by Gasteiger charge is 2.16. The fraction of sp³-hybridized carbons (Fsp3) is 0.286. The Morgan fingerprint density at radius 1 is 1.30 bits per heavy atom. The minimum absolute atomic E-state index is 0.0265. The number of likely N-dealkylation sites (N-methyl/N-ethyl adjacent to an activating group) is 1. The van der Waals surface area contributed by atoms with Crippen LogP contribution in [0.2, 0.25) is 5.02 Å². The molecule has 1 aromatic heterocycles. The van der Waals surface area contributed by atoms with Gasteiger partial charge in [0.05, 0.1) is 8.81 Å². The summed E-state index contributed by atoms with van der Waals surface area (Å²) in [5.41, 5.74) is 0.746. The first kappa shape index (κ1) is 15.9. The van der Waals surface area contributed by atoms with Crippen molar-refractivity contribution in [1.29, 1.82) is 0 Å². The minimum Gasteiger partial charge on any atom is -0.309 e. The number of nitrogens with one attached hydrogen (secondary N) is 1. The molecule has 1 atom stereocenters. The molecule has 0 saturated carbocycles. The average molecular weight is 381 g/mol. The maximum atomic E-state index is 13.3. The Balaban J connectivity index is 2.22. The molecule has 2 rings (SSSR count). The van der Waals surface area contributed by atoms with E-state index >= 15 is 0 Å². The van der Waals surface area contributed by atoms with Crippen LogP contribution in [0.4, 0.5) is 8.78 Å². The van der Waals surface area contributed by atoms with E-state index in [0.717, 1.165) is 26.8 Å². The van der Waals surface area contributed by atoms with Gasteiger partial charge in [0, 0.05) is 10.9 Å². The van der Waals surface area contributed by atoms with E-state index in [1.807, 2.05) is 13.0 Å². The molecule has 1 aromatic carbocycles. The van der Waals surface area contributed by atoms with E-state index in [1.165, 1.54) is 6.07 Å². The summed E-state index contributed by atoms with van der Waals surface area (Å²) in [6.45, 7) is 2.78. The third-order valence-electron chi connectivity index (χ3n) is 2.88. The predicted octanol–water partition coefficient (Wildman–Crippen LogP) is 5.34. The normalized spacial score (nSPS) is 12.7. The lowest BCUT2D eigenvalue weighted by molar-refractivity contribution is 0.503.